The van der Waals surface area contributed by atoms with Gasteiger partial charge in [-0.1, -0.05) is 0 Å². The number of sulfonamides is 1. The van der Waals surface area contributed by atoms with Crippen LogP contribution in [0.3, 0.4) is 0 Å². The molecule has 0 unspecified atom stereocenters. The smallest absolute Gasteiger partial charge is 0.250 e. The van der Waals surface area contributed by atoms with E-state index in [0.29, 0.717) is 6.54 Å². The standard InChI is InChI=1S/C11H16N4O2S2/c1-8-9(7-15(2)14-8)6-13-19(16,17)11-4-3-10(5-12)18-11/h3-4,7,13H,5-6,12H2,1-2H3. The van der Waals surface area contributed by atoms with Crippen molar-refractivity contribution in [3.63, 3.8) is 0 Å². The fourth-order valence-corrected chi connectivity index (χ4v) is 3.96. The number of thiophene rings is 1. The average molecular weight is 300 g/mol. The molecule has 0 fully saturated rings. The van der Waals surface area contributed by atoms with Crippen LogP contribution in [0.4, 0.5) is 0 Å². The third-order valence-electron chi connectivity index (χ3n) is 2.67. The van der Waals surface area contributed by atoms with E-state index < -0.39 is 10.0 Å². The number of aryl methyl sites for hydroxylation is 2. The van der Waals surface area contributed by atoms with Gasteiger partial charge in [-0.25, -0.2) is 13.1 Å². The lowest BCUT2D eigenvalue weighted by molar-refractivity contribution is 0.583. The van der Waals surface area contributed by atoms with Crippen molar-refractivity contribution in [3.05, 3.63) is 34.5 Å². The van der Waals surface area contributed by atoms with Gasteiger partial charge in [-0.2, -0.15) is 5.10 Å². The first-order chi connectivity index (χ1) is 8.92. The van der Waals surface area contributed by atoms with Gasteiger partial charge in [-0.15, -0.1) is 11.3 Å². The molecule has 0 aliphatic carbocycles. The summed E-state index contributed by atoms with van der Waals surface area (Å²) in [6.07, 6.45) is 1.80. The zero-order chi connectivity index (χ0) is 14.0. The predicted molar refractivity (Wildman–Crippen MR) is 74.2 cm³/mol. The fourth-order valence-electron chi connectivity index (χ4n) is 1.68. The van der Waals surface area contributed by atoms with Gasteiger partial charge in [-0.3, -0.25) is 4.68 Å². The van der Waals surface area contributed by atoms with E-state index in [1.54, 1.807) is 30.1 Å². The van der Waals surface area contributed by atoms with E-state index in [9.17, 15) is 8.42 Å². The van der Waals surface area contributed by atoms with Gasteiger partial charge < -0.3 is 5.73 Å². The first-order valence-electron chi connectivity index (χ1n) is 5.70. The summed E-state index contributed by atoms with van der Waals surface area (Å²) in [7, 11) is -1.68. The molecule has 0 spiro atoms. The van der Waals surface area contributed by atoms with Gasteiger partial charge in [0.1, 0.15) is 4.21 Å². The Bertz CT molecular complexity index is 673. The van der Waals surface area contributed by atoms with Crippen molar-refractivity contribution >= 4 is 21.4 Å². The molecule has 2 rings (SSSR count). The number of hydrogen-bond donors (Lipinski definition) is 2. The quantitative estimate of drug-likeness (QED) is 0.851. The molecule has 0 aliphatic heterocycles. The molecule has 0 radical (unpaired) electrons. The topological polar surface area (TPSA) is 90.0 Å². The van der Waals surface area contributed by atoms with Crippen LogP contribution in [0.2, 0.25) is 0 Å². The molecule has 0 amide bonds. The molecule has 2 aromatic heterocycles. The molecule has 0 aliphatic rings. The minimum absolute atomic E-state index is 0.234. The van der Waals surface area contributed by atoms with E-state index in [-0.39, 0.29) is 10.8 Å². The van der Waals surface area contributed by atoms with E-state index in [1.165, 1.54) is 11.3 Å². The monoisotopic (exact) mass is 300 g/mol. The lowest BCUT2D eigenvalue weighted by Gasteiger charge is -2.03. The minimum atomic E-state index is -3.48. The molecule has 0 bridgehead atoms. The number of nitrogens with zero attached hydrogens (tertiary/aromatic N) is 2. The molecule has 104 valence electrons. The van der Waals surface area contributed by atoms with Crippen LogP contribution in [0.25, 0.3) is 0 Å². The maximum atomic E-state index is 12.1. The molecule has 19 heavy (non-hydrogen) atoms. The van der Waals surface area contributed by atoms with Crippen LogP contribution >= 0.6 is 11.3 Å². The highest BCUT2D eigenvalue weighted by Crippen LogP contribution is 2.21. The Morgan fingerprint density at radius 2 is 2.21 bits per heavy atom. The van der Waals surface area contributed by atoms with Crippen LogP contribution in [0.5, 0.6) is 0 Å². The molecule has 3 N–H and O–H groups in total. The van der Waals surface area contributed by atoms with Crippen molar-refractivity contribution in [2.75, 3.05) is 0 Å². The van der Waals surface area contributed by atoms with E-state index in [0.717, 1.165) is 16.1 Å². The summed E-state index contributed by atoms with van der Waals surface area (Å²) in [5.74, 6) is 0. The first-order valence-corrected chi connectivity index (χ1v) is 8.00. The van der Waals surface area contributed by atoms with Gasteiger partial charge >= 0.3 is 0 Å². The van der Waals surface area contributed by atoms with Crippen LogP contribution in [-0.4, -0.2) is 18.2 Å². The summed E-state index contributed by atoms with van der Waals surface area (Å²) in [5, 5.41) is 4.17. The summed E-state index contributed by atoms with van der Waals surface area (Å²) in [4.78, 5) is 0.845. The third-order valence-corrected chi connectivity index (χ3v) is 5.67. The van der Waals surface area contributed by atoms with Gasteiger partial charge in [0.05, 0.1) is 5.69 Å². The number of rotatable bonds is 5. The normalized spacial score (nSPS) is 11.9. The average Bonchev–Trinajstić information content (AvgIpc) is 2.94. The Labute approximate surface area is 116 Å². The van der Waals surface area contributed by atoms with Crippen molar-refractivity contribution < 1.29 is 8.42 Å². The highest BCUT2D eigenvalue weighted by Gasteiger charge is 2.17. The van der Waals surface area contributed by atoms with Gasteiger partial charge in [0, 0.05) is 36.8 Å². The maximum Gasteiger partial charge on any atom is 0.250 e. The van der Waals surface area contributed by atoms with Crippen LogP contribution in [0.15, 0.2) is 22.5 Å². The number of nitrogens with one attached hydrogen (secondary N) is 1. The molecule has 0 aromatic carbocycles. The highest BCUT2D eigenvalue weighted by molar-refractivity contribution is 7.91. The third kappa shape index (κ3) is 3.21. The van der Waals surface area contributed by atoms with E-state index in [2.05, 4.69) is 9.82 Å². The van der Waals surface area contributed by atoms with Crippen molar-refractivity contribution in [2.45, 2.75) is 24.2 Å². The molecule has 6 nitrogen and oxygen atoms in total. The van der Waals surface area contributed by atoms with Crippen LogP contribution < -0.4 is 10.5 Å². The molecule has 8 heteroatoms. The van der Waals surface area contributed by atoms with Crippen molar-refractivity contribution in [3.8, 4) is 0 Å². The number of nitrogens with two attached hydrogens (primary N) is 1. The van der Waals surface area contributed by atoms with E-state index >= 15 is 0 Å². The molecular formula is C11H16N4O2S2. The zero-order valence-corrected chi connectivity index (χ0v) is 12.4. The van der Waals surface area contributed by atoms with Crippen LogP contribution in [0.1, 0.15) is 16.1 Å². The van der Waals surface area contributed by atoms with Crippen molar-refractivity contribution in [1.82, 2.24) is 14.5 Å². The Kier molecular flexibility index (Phi) is 4.04. The Morgan fingerprint density at radius 3 is 2.74 bits per heavy atom. The number of hydrogen-bond acceptors (Lipinski definition) is 5. The van der Waals surface area contributed by atoms with Crippen LogP contribution in [0, 0.1) is 6.92 Å². The lowest BCUT2D eigenvalue weighted by atomic mass is 10.3. The van der Waals surface area contributed by atoms with Gasteiger partial charge in [0.2, 0.25) is 10.0 Å². The molecule has 2 aromatic rings. The van der Waals surface area contributed by atoms with E-state index in [4.69, 9.17) is 5.73 Å². The Morgan fingerprint density at radius 1 is 1.47 bits per heavy atom. The Hall–Kier alpha value is -1.22. The largest absolute Gasteiger partial charge is 0.326 e. The molecule has 0 atom stereocenters. The summed E-state index contributed by atoms with van der Waals surface area (Å²) < 4.78 is 28.7. The van der Waals surface area contributed by atoms with Crippen molar-refractivity contribution in [2.24, 2.45) is 12.8 Å². The maximum absolute atomic E-state index is 12.1. The van der Waals surface area contributed by atoms with E-state index in [1.807, 2.05) is 6.92 Å². The molecular weight excluding hydrogens is 284 g/mol. The summed E-state index contributed by atoms with van der Waals surface area (Å²) in [6, 6.07) is 3.31. The summed E-state index contributed by atoms with van der Waals surface area (Å²) in [5.41, 5.74) is 7.16. The predicted octanol–water partition coefficient (Wildman–Crippen LogP) is 0.727. The Balaban J connectivity index is 2.11. The lowest BCUT2D eigenvalue weighted by Crippen LogP contribution is -2.22. The van der Waals surface area contributed by atoms with Crippen molar-refractivity contribution in [1.29, 1.82) is 0 Å². The van der Waals surface area contributed by atoms with Gasteiger partial charge in [0.15, 0.2) is 0 Å². The van der Waals surface area contributed by atoms with Crippen LogP contribution in [-0.2, 0) is 30.2 Å². The fraction of sp³-hybridized carbons (Fsp3) is 0.364. The summed E-state index contributed by atoms with van der Waals surface area (Å²) in [6.45, 7) is 2.43. The van der Waals surface area contributed by atoms with Gasteiger partial charge in [-0.05, 0) is 19.1 Å². The molecule has 2 heterocycles. The minimum Gasteiger partial charge on any atom is -0.326 e. The second kappa shape index (κ2) is 5.41. The van der Waals surface area contributed by atoms with Gasteiger partial charge in [0.25, 0.3) is 0 Å². The summed E-state index contributed by atoms with van der Waals surface area (Å²) >= 11 is 1.19. The zero-order valence-electron chi connectivity index (χ0n) is 10.8. The molecule has 0 saturated carbocycles. The first kappa shape index (κ1) is 14.2. The second-order valence-electron chi connectivity index (χ2n) is 4.16. The SMILES string of the molecule is Cc1nn(C)cc1CNS(=O)(=O)c1ccc(CN)s1. The molecule has 0 saturated heterocycles. The second-order valence-corrected chi connectivity index (χ2v) is 7.32. The highest BCUT2D eigenvalue weighted by atomic mass is 32.2. The number of aromatic nitrogens is 2.